The van der Waals surface area contributed by atoms with Crippen molar-refractivity contribution in [1.82, 2.24) is 9.88 Å². The maximum Gasteiger partial charge on any atom is 0.131 e. The predicted octanol–water partition coefficient (Wildman–Crippen LogP) is 1.50. The molecule has 0 aromatic carbocycles. The smallest absolute Gasteiger partial charge is 0.131 e. The average Bonchev–Trinajstić information content (AvgIpc) is 2.39. The van der Waals surface area contributed by atoms with E-state index in [4.69, 9.17) is 5.73 Å². The summed E-state index contributed by atoms with van der Waals surface area (Å²) in [6.45, 7) is 4.39. The van der Waals surface area contributed by atoms with E-state index in [1.807, 2.05) is 19.2 Å². The Morgan fingerprint density at radius 2 is 2.16 bits per heavy atom. The van der Waals surface area contributed by atoms with Crippen molar-refractivity contribution in [3.8, 4) is 0 Å². The van der Waals surface area contributed by atoms with E-state index in [9.17, 15) is 0 Å². The molecule has 2 rings (SSSR count). The molecule has 4 heteroatoms. The van der Waals surface area contributed by atoms with Crippen LogP contribution in [0.5, 0.6) is 0 Å². The molecule has 0 amide bonds. The van der Waals surface area contributed by atoms with Crippen LogP contribution in [0.3, 0.4) is 0 Å². The fourth-order valence-electron chi connectivity index (χ4n) is 2.81. The van der Waals surface area contributed by atoms with E-state index >= 15 is 0 Å². The largest absolute Gasteiger partial charge is 0.356 e. The van der Waals surface area contributed by atoms with E-state index < -0.39 is 0 Å². The second kappa shape index (κ2) is 6.35. The molecule has 0 aliphatic carbocycles. The van der Waals surface area contributed by atoms with Gasteiger partial charge in [-0.2, -0.15) is 0 Å². The van der Waals surface area contributed by atoms with E-state index in [1.54, 1.807) is 0 Å². The summed E-state index contributed by atoms with van der Waals surface area (Å²) in [5.41, 5.74) is 7.20. The van der Waals surface area contributed by atoms with Crippen LogP contribution in [0.25, 0.3) is 0 Å². The predicted molar refractivity (Wildman–Crippen MR) is 80.5 cm³/mol. The maximum atomic E-state index is 5.94. The zero-order chi connectivity index (χ0) is 13.8. The summed E-state index contributed by atoms with van der Waals surface area (Å²) in [5.74, 6) is 1.11. The van der Waals surface area contributed by atoms with Crippen LogP contribution in [0.4, 0.5) is 5.82 Å². The second-order valence-electron chi connectivity index (χ2n) is 5.81. The number of aromatic nitrogens is 1. The summed E-state index contributed by atoms with van der Waals surface area (Å²) in [6, 6.07) is 4.92. The quantitative estimate of drug-likeness (QED) is 0.893. The number of hydrogen-bond acceptors (Lipinski definition) is 4. The average molecular weight is 262 g/mol. The summed E-state index contributed by atoms with van der Waals surface area (Å²) in [5, 5.41) is 0. The molecule has 0 spiro atoms. The van der Waals surface area contributed by atoms with Gasteiger partial charge in [-0.15, -0.1) is 0 Å². The standard InChI is InChI=1S/C15H26N4/c1-12(16)11-13-5-4-8-17-15(13)19(3)14-6-9-18(2)10-7-14/h4-5,8,12,14H,6-7,9-11,16H2,1-3H3. The van der Waals surface area contributed by atoms with Crippen molar-refractivity contribution in [2.75, 3.05) is 32.1 Å². The molecule has 2 heterocycles. The van der Waals surface area contributed by atoms with Crippen LogP contribution in [-0.4, -0.2) is 49.2 Å². The Morgan fingerprint density at radius 3 is 2.79 bits per heavy atom. The highest BCUT2D eigenvalue weighted by molar-refractivity contribution is 5.47. The molecule has 1 atom stereocenters. The molecule has 1 aromatic rings. The molecule has 1 aliphatic rings. The van der Waals surface area contributed by atoms with Gasteiger partial charge in [-0.05, 0) is 58.0 Å². The molecular formula is C15H26N4. The molecular weight excluding hydrogens is 236 g/mol. The van der Waals surface area contributed by atoms with Crippen LogP contribution in [0.1, 0.15) is 25.3 Å². The zero-order valence-electron chi connectivity index (χ0n) is 12.3. The molecule has 2 N–H and O–H groups in total. The fourth-order valence-corrected chi connectivity index (χ4v) is 2.81. The summed E-state index contributed by atoms with van der Waals surface area (Å²) in [4.78, 5) is 9.33. The van der Waals surface area contributed by atoms with E-state index in [2.05, 4.69) is 34.9 Å². The first-order valence-corrected chi connectivity index (χ1v) is 7.18. The zero-order valence-corrected chi connectivity index (χ0v) is 12.3. The summed E-state index contributed by atoms with van der Waals surface area (Å²) in [7, 11) is 4.36. The Hall–Kier alpha value is -1.13. The molecule has 0 bridgehead atoms. The van der Waals surface area contributed by atoms with Crippen LogP contribution in [0, 0.1) is 0 Å². The Kier molecular flexibility index (Phi) is 4.77. The van der Waals surface area contributed by atoms with Crippen molar-refractivity contribution in [3.63, 3.8) is 0 Å². The molecule has 1 aromatic heterocycles. The molecule has 4 nitrogen and oxygen atoms in total. The van der Waals surface area contributed by atoms with E-state index in [1.165, 1.54) is 31.5 Å². The maximum absolute atomic E-state index is 5.94. The Morgan fingerprint density at radius 1 is 1.47 bits per heavy atom. The first kappa shape index (κ1) is 14.3. The van der Waals surface area contributed by atoms with Crippen molar-refractivity contribution in [2.24, 2.45) is 5.73 Å². The number of nitrogens with zero attached hydrogens (tertiary/aromatic N) is 3. The monoisotopic (exact) mass is 262 g/mol. The Balaban J connectivity index is 2.11. The first-order valence-electron chi connectivity index (χ1n) is 7.18. The number of piperidine rings is 1. The van der Waals surface area contributed by atoms with Gasteiger partial charge in [0.2, 0.25) is 0 Å². The van der Waals surface area contributed by atoms with Crippen molar-refractivity contribution in [1.29, 1.82) is 0 Å². The van der Waals surface area contributed by atoms with E-state index in [0.717, 1.165) is 12.2 Å². The third-order valence-corrected chi connectivity index (χ3v) is 3.98. The summed E-state index contributed by atoms with van der Waals surface area (Å²) in [6.07, 6.45) is 5.19. The van der Waals surface area contributed by atoms with Crippen LogP contribution < -0.4 is 10.6 Å². The second-order valence-corrected chi connectivity index (χ2v) is 5.81. The van der Waals surface area contributed by atoms with Crippen LogP contribution in [0.15, 0.2) is 18.3 Å². The number of nitrogens with two attached hydrogens (primary N) is 1. The van der Waals surface area contributed by atoms with Gasteiger partial charge < -0.3 is 15.5 Å². The van der Waals surface area contributed by atoms with Gasteiger partial charge in [-0.3, -0.25) is 0 Å². The Bertz CT molecular complexity index is 397. The number of pyridine rings is 1. The molecule has 1 saturated heterocycles. The highest BCUT2D eigenvalue weighted by Crippen LogP contribution is 2.23. The van der Waals surface area contributed by atoms with Crippen LogP contribution >= 0.6 is 0 Å². The van der Waals surface area contributed by atoms with Gasteiger partial charge >= 0.3 is 0 Å². The molecule has 106 valence electrons. The SMILES string of the molecule is CC(N)Cc1cccnc1N(C)C1CCN(C)CC1. The summed E-state index contributed by atoms with van der Waals surface area (Å²) < 4.78 is 0. The van der Waals surface area contributed by atoms with Gasteiger partial charge in [0.05, 0.1) is 0 Å². The van der Waals surface area contributed by atoms with Gasteiger partial charge in [-0.25, -0.2) is 4.98 Å². The minimum Gasteiger partial charge on any atom is -0.356 e. The van der Waals surface area contributed by atoms with Crippen molar-refractivity contribution < 1.29 is 0 Å². The minimum atomic E-state index is 0.175. The summed E-state index contributed by atoms with van der Waals surface area (Å²) >= 11 is 0. The lowest BCUT2D eigenvalue weighted by molar-refractivity contribution is 0.252. The van der Waals surface area contributed by atoms with Crippen molar-refractivity contribution in [3.05, 3.63) is 23.9 Å². The lowest BCUT2D eigenvalue weighted by Crippen LogP contribution is -2.42. The third-order valence-electron chi connectivity index (χ3n) is 3.98. The number of hydrogen-bond donors (Lipinski definition) is 1. The minimum absolute atomic E-state index is 0.175. The van der Waals surface area contributed by atoms with E-state index in [0.29, 0.717) is 6.04 Å². The molecule has 1 aliphatic heterocycles. The normalized spacial score (nSPS) is 19.4. The van der Waals surface area contributed by atoms with Crippen LogP contribution in [0.2, 0.25) is 0 Å². The van der Waals surface area contributed by atoms with Gasteiger partial charge in [0, 0.05) is 25.3 Å². The lowest BCUT2D eigenvalue weighted by atomic mass is 10.0. The Labute approximate surface area is 116 Å². The van der Waals surface area contributed by atoms with Gasteiger partial charge in [-0.1, -0.05) is 6.07 Å². The topological polar surface area (TPSA) is 45.4 Å². The van der Waals surface area contributed by atoms with Gasteiger partial charge in [0.25, 0.3) is 0 Å². The van der Waals surface area contributed by atoms with Gasteiger partial charge in [0.1, 0.15) is 5.82 Å². The van der Waals surface area contributed by atoms with Crippen molar-refractivity contribution in [2.45, 2.75) is 38.3 Å². The van der Waals surface area contributed by atoms with Crippen molar-refractivity contribution >= 4 is 5.82 Å². The molecule has 0 radical (unpaired) electrons. The van der Waals surface area contributed by atoms with Crippen LogP contribution in [-0.2, 0) is 6.42 Å². The highest BCUT2D eigenvalue weighted by atomic mass is 15.2. The molecule has 1 unspecified atom stereocenters. The number of anilines is 1. The highest BCUT2D eigenvalue weighted by Gasteiger charge is 2.23. The van der Waals surface area contributed by atoms with E-state index in [-0.39, 0.29) is 6.04 Å². The molecule has 19 heavy (non-hydrogen) atoms. The first-order chi connectivity index (χ1) is 9.08. The lowest BCUT2D eigenvalue weighted by Gasteiger charge is -2.36. The fraction of sp³-hybridized carbons (Fsp3) is 0.667. The van der Waals surface area contributed by atoms with Gasteiger partial charge in [0.15, 0.2) is 0 Å². The molecule has 1 fully saturated rings. The molecule has 0 saturated carbocycles. The number of rotatable bonds is 4. The third kappa shape index (κ3) is 3.67. The number of likely N-dealkylation sites (tertiary alicyclic amines) is 1.